The van der Waals surface area contributed by atoms with Crippen molar-refractivity contribution in [2.75, 3.05) is 16.4 Å². The van der Waals surface area contributed by atoms with Crippen LogP contribution in [-0.2, 0) is 21.1 Å². The van der Waals surface area contributed by atoms with Crippen molar-refractivity contribution >= 4 is 54.3 Å². The minimum Gasteiger partial charge on any atom is -0.316 e. The number of rotatable bonds is 3. The second-order valence-electron chi connectivity index (χ2n) is 6.60. The Kier molecular flexibility index (Phi) is 5.13. The number of aliphatic imine (C=N–C) groups is 1. The van der Waals surface area contributed by atoms with Gasteiger partial charge in [0.05, 0.1) is 24.0 Å². The molecule has 2 aliphatic heterocycles. The molecule has 2 aromatic carbocycles. The third-order valence-corrected chi connectivity index (χ3v) is 8.33. The summed E-state index contributed by atoms with van der Waals surface area (Å²) >= 11 is 4.81. The number of thioether (sulfide) groups is 1. The third-order valence-electron chi connectivity index (χ3n) is 4.59. The van der Waals surface area contributed by atoms with Gasteiger partial charge in [0.2, 0.25) is 0 Å². The molecule has 5 nitrogen and oxygen atoms in total. The highest BCUT2D eigenvalue weighted by molar-refractivity contribution is 9.10. The van der Waals surface area contributed by atoms with E-state index in [0.717, 1.165) is 15.7 Å². The van der Waals surface area contributed by atoms with Crippen molar-refractivity contribution in [3.63, 3.8) is 0 Å². The van der Waals surface area contributed by atoms with Gasteiger partial charge in [0.25, 0.3) is 5.91 Å². The van der Waals surface area contributed by atoms with Gasteiger partial charge in [0.15, 0.2) is 15.0 Å². The Morgan fingerprint density at radius 3 is 2.52 bits per heavy atom. The number of carbonyl (C=O) groups is 1. The number of carbonyl (C=O) groups excluding carboxylic acids is 1. The number of anilines is 1. The van der Waals surface area contributed by atoms with Gasteiger partial charge in [0.1, 0.15) is 0 Å². The largest absolute Gasteiger partial charge is 0.316 e. The fourth-order valence-corrected chi connectivity index (χ4v) is 7.58. The van der Waals surface area contributed by atoms with Gasteiger partial charge in [-0.1, -0.05) is 58.0 Å². The molecule has 0 N–H and O–H groups in total. The van der Waals surface area contributed by atoms with Crippen molar-refractivity contribution in [2.45, 2.75) is 17.7 Å². The summed E-state index contributed by atoms with van der Waals surface area (Å²) in [6.07, 6.45) is 0.229. The molecule has 0 aromatic heterocycles. The van der Waals surface area contributed by atoms with E-state index in [9.17, 15) is 13.2 Å². The zero-order valence-electron chi connectivity index (χ0n) is 14.3. The summed E-state index contributed by atoms with van der Waals surface area (Å²) < 4.78 is 25.1. The summed E-state index contributed by atoms with van der Waals surface area (Å²) in [4.78, 5) is 18.7. The van der Waals surface area contributed by atoms with Crippen molar-refractivity contribution in [1.29, 1.82) is 0 Å². The first-order valence-corrected chi connectivity index (χ1v) is 12.0. The van der Waals surface area contributed by atoms with Crippen molar-refractivity contribution < 1.29 is 13.2 Å². The van der Waals surface area contributed by atoms with Gasteiger partial charge in [-0.25, -0.2) is 8.42 Å². The number of amidine groups is 1. The van der Waals surface area contributed by atoms with Gasteiger partial charge in [-0.2, -0.15) is 4.99 Å². The third kappa shape index (κ3) is 4.12. The molecule has 0 aliphatic carbocycles. The Morgan fingerprint density at radius 2 is 1.81 bits per heavy atom. The van der Waals surface area contributed by atoms with Crippen LogP contribution in [0.2, 0.25) is 0 Å². The summed E-state index contributed by atoms with van der Waals surface area (Å²) in [5.74, 6) is -0.0120. The number of nitrogens with zero attached hydrogens (tertiary/aromatic N) is 2. The van der Waals surface area contributed by atoms with Crippen LogP contribution in [0.4, 0.5) is 5.69 Å². The first-order valence-electron chi connectivity index (χ1n) is 8.49. The van der Waals surface area contributed by atoms with E-state index in [0.29, 0.717) is 5.17 Å². The molecule has 2 aromatic rings. The number of fused-ring (bicyclic) bond motifs is 1. The molecule has 27 heavy (non-hydrogen) atoms. The molecule has 4 rings (SSSR count). The number of sulfone groups is 1. The van der Waals surface area contributed by atoms with Crippen molar-refractivity contribution in [3.05, 3.63) is 64.6 Å². The van der Waals surface area contributed by atoms with E-state index in [1.165, 1.54) is 11.8 Å². The standard InChI is InChI=1S/C19H17BrN2O3S2/c20-14-6-8-15(9-7-14)22-16-11-27(24,25)12-17(16)26-19(22)21-18(23)10-13-4-2-1-3-5-13/h1-9,16-17H,10-12H2/t16-,17-/m0/s1. The summed E-state index contributed by atoms with van der Waals surface area (Å²) in [6.45, 7) is 0. The molecule has 0 spiro atoms. The molecule has 2 aliphatic rings. The highest BCUT2D eigenvalue weighted by Gasteiger charge is 2.49. The summed E-state index contributed by atoms with van der Waals surface area (Å²) in [6, 6.07) is 16.9. The van der Waals surface area contributed by atoms with Crippen LogP contribution in [0, 0.1) is 0 Å². The van der Waals surface area contributed by atoms with Crippen LogP contribution in [-0.4, -0.2) is 42.3 Å². The van der Waals surface area contributed by atoms with E-state index < -0.39 is 9.84 Å². The lowest BCUT2D eigenvalue weighted by molar-refractivity contribution is -0.117. The fourth-order valence-electron chi connectivity index (χ4n) is 3.38. The lowest BCUT2D eigenvalue weighted by Crippen LogP contribution is -2.37. The van der Waals surface area contributed by atoms with Gasteiger partial charge in [0, 0.05) is 15.4 Å². The van der Waals surface area contributed by atoms with Crippen molar-refractivity contribution in [3.8, 4) is 0 Å². The first kappa shape index (κ1) is 18.7. The van der Waals surface area contributed by atoms with Crippen LogP contribution in [0.15, 0.2) is 64.1 Å². The van der Waals surface area contributed by atoms with E-state index in [1.807, 2.05) is 59.5 Å². The molecule has 0 radical (unpaired) electrons. The molecule has 0 bridgehead atoms. The summed E-state index contributed by atoms with van der Waals surface area (Å²) in [5.41, 5.74) is 1.76. The molecular formula is C19H17BrN2O3S2. The van der Waals surface area contributed by atoms with Crippen LogP contribution in [0.3, 0.4) is 0 Å². The molecule has 1 amide bonds. The molecular weight excluding hydrogens is 448 g/mol. The molecule has 2 saturated heterocycles. The Hall–Kier alpha value is -1.64. The monoisotopic (exact) mass is 464 g/mol. The van der Waals surface area contributed by atoms with Gasteiger partial charge in [-0.3, -0.25) is 4.79 Å². The van der Waals surface area contributed by atoms with Crippen LogP contribution >= 0.6 is 27.7 Å². The second kappa shape index (κ2) is 7.41. The molecule has 8 heteroatoms. The number of halogens is 1. The van der Waals surface area contributed by atoms with Gasteiger partial charge in [-0.05, 0) is 29.8 Å². The number of amides is 1. The quantitative estimate of drug-likeness (QED) is 0.696. The Balaban J connectivity index is 1.64. The minimum atomic E-state index is -3.07. The normalized spacial score (nSPS) is 24.9. The van der Waals surface area contributed by atoms with E-state index >= 15 is 0 Å². The maximum absolute atomic E-state index is 12.5. The number of hydrogen-bond acceptors (Lipinski definition) is 4. The lowest BCUT2D eigenvalue weighted by Gasteiger charge is -2.24. The van der Waals surface area contributed by atoms with Gasteiger partial charge in [-0.15, -0.1) is 0 Å². The van der Waals surface area contributed by atoms with Crippen LogP contribution in [0.5, 0.6) is 0 Å². The number of hydrogen-bond donors (Lipinski definition) is 0. The Bertz CT molecular complexity index is 991. The van der Waals surface area contributed by atoms with Crippen LogP contribution in [0.25, 0.3) is 0 Å². The van der Waals surface area contributed by atoms with Crippen molar-refractivity contribution in [2.24, 2.45) is 4.99 Å². The Labute approximate surface area is 170 Å². The maximum Gasteiger partial charge on any atom is 0.252 e. The fraction of sp³-hybridized carbons (Fsp3) is 0.263. The van der Waals surface area contributed by atoms with E-state index in [4.69, 9.17) is 0 Å². The average molecular weight is 465 g/mol. The van der Waals surface area contributed by atoms with Crippen LogP contribution in [0.1, 0.15) is 5.56 Å². The van der Waals surface area contributed by atoms with Gasteiger partial charge < -0.3 is 4.90 Å². The number of benzene rings is 2. The van der Waals surface area contributed by atoms with Crippen LogP contribution < -0.4 is 4.90 Å². The zero-order chi connectivity index (χ0) is 19.0. The molecule has 2 atom stereocenters. The van der Waals surface area contributed by atoms with E-state index in [-0.39, 0.29) is 35.1 Å². The SMILES string of the molecule is O=C(Cc1ccccc1)N=C1S[C@H]2CS(=O)(=O)C[C@@H]2N1c1ccc(Br)cc1. The first-order chi connectivity index (χ1) is 12.9. The van der Waals surface area contributed by atoms with E-state index in [1.54, 1.807) is 0 Å². The predicted molar refractivity (Wildman–Crippen MR) is 113 cm³/mol. The zero-order valence-corrected chi connectivity index (χ0v) is 17.5. The lowest BCUT2D eigenvalue weighted by atomic mass is 10.1. The van der Waals surface area contributed by atoms with E-state index in [2.05, 4.69) is 20.9 Å². The maximum atomic E-state index is 12.5. The molecule has 2 heterocycles. The molecule has 2 fully saturated rings. The minimum absolute atomic E-state index is 0.0899. The summed E-state index contributed by atoms with van der Waals surface area (Å²) in [7, 11) is -3.07. The molecule has 0 saturated carbocycles. The average Bonchev–Trinajstić information content (AvgIpc) is 3.07. The topological polar surface area (TPSA) is 66.8 Å². The predicted octanol–water partition coefficient (Wildman–Crippen LogP) is 3.29. The van der Waals surface area contributed by atoms with Gasteiger partial charge >= 0.3 is 0 Å². The summed E-state index contributed by atoms with van der Waals surface area (Å²) in [5, 5.41) is 0.491. The highest BCUT2D eigenvalue weighted by Crippen LogP contribution is 2.41. The second-order valence-corrected chi connectivity index (χ2v) is 10.9. The molecule has 0 unspecified atom stereocenters. The molecule has 140 valence electrons. The highest BCUT2D eigenvalue weighted by atomic mass is 79.9. The van der Waals surface area contributed by atoms with Crippen molar-refractivity contribution in [1.82, 2.24) is 0 Å². The smallest absolute Gasteiger partial charge is 0.252 e. The Morgan fingerprint density at radius 1 is 1.11 bits per heavy atom.